The van der Waals surface area contributed by atoms with Gasteiger partial charge in [-0.1, -0.05) is 13.0 Å². The minimum absolute atomic E-state index is 0.465. The number of anilines is 1. The van der Waals surface area contributed by atoms with Gasteiger partial charge in [0.05, 0.1) is 13.2 Å². The summed E-state index contributed by atoms with van der Waals surface area (Å²) in [6, 6.07) is 6.58. The van der Waals surface area contributed by atoms with E-state index in [4.69, 9.17) is 9.73 Å². The van der Waals surface area contributed by atoms with Crippen molar-refractivity contribution in [3.05, 3.63) is 24.4 Å². The van der Waals surface area contributed by atoms with Crippen molar-refractivity contribution in [3.63, 3.8) is 0 Å². The molecule has 2 fully saturated rings. The van der Waals surface area contributed by atoms with Crippen molar-refractivity contribution in [2.24, 2.45) is 10.9 Å². The topological polar surface area (TPSA) is 65.0 Å². The Morgan fingerprint density at radius 2 is 2.04 bits per heavy atom. The predicted molar refractivity (Wildman–Crippen MR) is 115 cm³/mol. The molecule has 0 bridgehead atoms. The van der Waals surface area contributed by atoms with E-state index in [1.165, 1.54) is 0 Å². The number of nitrogens with zero attached hydrogens (tertiary/aromatic N) is 4. The summed E-state index contributed by atoms with van der Waals surface area (Å²) < 4.78 is 5.44. The Balaban J connectivity index is 1.44. The van der Waals surface area contributed by atoms with Crippen LogP contribution >= 0.6 is 0 Å². The number of aliphatic imine (C=N–C) groups is 1. The van der Waals surface area contributed by atoms with E-state index in [0.717, 1.165) is 83.6 Å². The maximum atomic E-state index is 5.44. The molecule has 1 aromatic rings. The van der Waals surface area contributed by atoms with Crippen molar-refractivity contribution in [1.82, 2.24) is 20.5 Å². The van der Waals surface area contributed by atoms with Crippen LogP contribution in [0.1, 0.15) is 26.7 Å². The summed E-state index contributed by atoms with van der Waals surface area (Å²) in [7, 11) is 0. The highest BCUT2D eigenvalue weighted by molar-refractivity contribution is 5.80. The van der Waals surface area contributed by atoms with Crippen LogP contribution in [0, 0.1) is 5.92 Å². The van der Waals surface area contributed by atoms with Gasteiger partial charge in [-0.25, -0.2) is 4.98 Å². The summed E-state index contributed by atoms with van der Waals surface area (Å²) in [5.74, 6) is 2.57. The molecule has 0 spiro atoms. The number of aromatic nitrogens is 1. The summed E-state index contributed by atoms with van der Waals surface area (Å²) in [5, 5.41) is 7.06. The van der Waals surface area contributed by atoms with Gasteiger partial charge in [0.25, 0.3) is 0 Å². The molecule has 3 heterocycles. The Kier molecular flexibility index (Phi) is 8.36. The van der Waals surface area contributed by atoms with Crippen LogP contribution in [0.25, 0.3) is 0 Å². The van der Waals surface area contributed by atoms with Gasteiger partial charge in [0.2, 0.25) is 0 Å². The van der Waals surface area contributed by atoms with E-state index in [-0.39, 0.29) is 0 Å². The van der Waals surface area contributed by atoms with Crippen LogP contribution in [0.3, 0.4) is 0 Å². The van der Waals surface area contributed by atoms with Crippen molar-refractivity contribution >= 4 is 11.8 Å². The molecule has 156 valence electrons. The van der Waals surface area contributed by atoms with Gasteiger partial charge in [-0.05, 0) is 37.8 Å². The first-order valence-electron chi connectivity index (χ1n) is 10.8. The number of hydrogen-bond acceptors (Lipinski definition) is 5. The largest absolute Gasteiger partial charge is 0.379 e. The van der Waals surface area contributed by atoms with Crippen LogP contribution in [0.5, 0.6) is 0 Å². The van der Waals surface area contributed by atoms with Gasteiger partial charge in [-0.2, -0.15) is 0 Å². The molecule has 1 aromatic heterocycles. The zero-order chi connectivity index (χ0) is 19.6. The number of piperidine rings is 1. The number of pyridine rings is 1. The van der Waals surface area contributed by atoms with Crippen LogP contribution in [0.15, 0.2) is 29.4 Å². The molecule has 7 heteroatoms. The average Bonchev–Trinajstić information content (AvgIpc) is 2.74. The molecule has 2 N–H and O–H groups in total. The lowest BCUT2D eigenvalue weighted by molar-refractivity contribution is 0.0323. The van der Waals surface area contributed by atoms with Crippen molar-refractivity contribution in [2.75, 3.05) is 63.9 Å². The molecular weight excluding hydrogens is 352 g/mol. The van der Waals surface area contributed by atoms with Crippen molar-refractivity contribution in [3.8, 4) is 0 Å². The molecule has 2 saturated heterocycles. The highest BCUT2D eigenvalue weighted by atomic mass is 16.5. The van der Waals surface area contributed by atoms with Gasteiger partial charge in [0.15, 0.2) is 5.96 Å². The maximum Gasteiger partial charge on any atom is 0.191 e. The Hall–Kier alpha value is -1.86. The first-order valence-corrected chi connectivity index (χ1v) is 10.8. The Morgan fingerprint density at radius 1 is 1.25 bits per heavy atom. The monoisotopic (exact) mass is 388 g/mol. The minimum atomic E-state index is 0.465. The summed E-state index contributed by atoms with van der Waals surface area (Å²) in [6.45, 7) is 13.1. The zero-order valence-corrected chi connectivity index (χ0v) is 17.4. The van der Waals surface area contributed by atoms with E-state index in [0.29, 0.717) is 12.0 Å². The van der Waals surface area contributed by atoms with Crippen LogP contribution in [-0.4, -0.2) is 80.9 Å². The molecule has 0 saturated carbocycles. The zero-order valence-electron chi connectivity index (χ0n) is 17.4. The van der Waals surface area contributed by atoms with Crippen LogP contribution in [0.2, 0.25) is 0 Å². The Bertz CT molecular complexity index is 582. The highest BCUT2D eigenvalue weighted by Crippen LogP contribution is 2.17. The molecule has 0 radical (unpaired) electrons. The quantitative estimate of drug-likeness (QED) is 0.546. The van der Waals surface area contributed by atoms with Gasteiger partial charge < -0.3 is 20.3 Å². The lowest BCUT2D eigenvalue weighted by Gasteiger charge is -2.34. The number of hydrogen-bond donors (Lipinski definition) is 2. The maximum absolute atomic E-state index is 5.44. The first kappa shape index (κ1) is 20.9. The second kappa shape index (κ2) is 11.2. The molecule has 1 atom stereocenters. The molecule has 0 aliphatic carbocycles. The number of morpholine rings is 1. The van der Waals surface area contributed by atoms with Gasteiger partial charge in [-0.3, -0.25) is 9.89 Å². The van der Waals surface area contributed by atoms with Gasteiger partial charge in [-0.15, -0.1) is 0 Å². The third kappa shape index (κ3) is 6.63. The molecular formula is C21H36N6O. The van der Waals surface area contributed by atoms with E-state index in [2.05, 4.69) is 51.4 Å². The van der Waals surface area contributed by atoms with Gasteiger partial charge in [0, 0.05) is 58.1 Å². The number of nitrogens with one attached hydrogen (secondary N) is 2. The molecule has 2 aliphatic heterocycles. The summed E-state index contributed by atoms with van der Waals surface area (Å²) >= 11 is 0. The summed E-state index contributed by atoms with van der Waals surface area (Å²) in [6.07, 6.45) is 4.07. The van der Waals surface area contributed by atoms with E-state index < -0.39 is 0 Å². The predicted octanol–water partition coefficient (Wildman–Crippen LogP) is 1.57. The van der Waals surface area contributed by atoms with Crippen LogP contribution in [-0.2, 0) is 4.74 Å². The normalized spacial score (nSPS) is 20.8. The Morgan fingerprint density at radius 3 is 2.71 bits per heavy atom. The van der Waals surface area contributed by atoms with Crippen molar-refractivity contribution in [2.45, 2.75) is 32.7 Å². The van der Waals surface area contributed by atoms with Gasteiger partial charge >= 0.3 is 0 Å². The second-order valence-corrected chi connectivity index (χ2v) is 7.83. The van der Waals surface area contributed by atoms with E-state index in [1.807, 2.05) is 12.3 Å². The SMILES string of the molecule is CCNC(=NCC(C)CN1CCOCC1)NC1CCN(c2ccccn2)CC1. The van der Waals surface area contributed by atoms with Crippen LogP contribution in [0.4, 0.5) is 5.82 Å². The third-order valence-corrected chi connectivity index (χ3v) is 5.39. The lowest BCUT2D eigenvalue weighted by atomic mass is 10.1. The fourth-order valence-electron chi connectivity index (χ4n) is 3.84. The fourth-order valence-corrected chi connectivity index (χ4v) is 3.84. The van der Waals surface area contributed by atoms with Crippen LogP contribution < -0.4 is 15.5 Å². The van der Waals surface area contributed by atoms with E-state index in [9.17, 15) is 0 Å². The molecule has 2 aliphatic rings. The standard InChI is InChI=1S/C21H36N6O/c1-3-22-21(24-16-18(2)17-26-12-14-28-15-13-26)25-19-7-10-27(11-8-19)20-6-4-5-9-23-20/h4-6,9,18-19H,3,7-8,10-17H2,1-2H3,(H2,22,24,25). The van der Waals surface area contributed by atoms with E-state index >= 15 is 0 Å². The molecule has 1 unspecified atom stereocenters. The molecule has 28 heavy (non-hydrogen) atoms. The van der Waals surface area contributed by atoms with E-state index in [1.54, 1.807) is 0 Å². The smallest absolute Gasteiger partial charge is 0.191 e. The summed E-state index contributed by atoms with van der Waals surface area (Å²) in [4.78, 5) is 14.2. The molecule has 0 aromatic carbocycles. The first-order chi connectivity index (χ1) is 13.7. The lowest BCUT2D eigenvalue weighted by Crippen LogP contribution is -2.49. The minimum Gasteiger partial charge on any atom is -0.379 e. The number of ether oxygens (including phenoxy) is 1. The Labute approximate surface area is 169 Å². The average molecular weight is 389 g/mol. The third-order valence-electron chi connectivity index (χ3n) is 5.39. The highest BCUT2D eigenvalue weighted by Gasteiger charge is 2.21. The summed E-state index contributed by atoms with van der Waals surface area (Å²) in [5.41, 5.74) is 0. The fraction of sp³-hybridized carbons (Fsp3) is 0.714. The number of guanidine groups is 1. The molecule has 0 amide bonds. The number of rotatable bonds is 7. The second-order valence-electron chi connectivity index (χ2n) is 7.83. The molecule has 3 rings (SSSR count). The molecule has 7 nitrogen and oxygen atoms in total. The van der Waals surface area contributed by atoms with Crippen molar-refractivity contribution < 1.29 is 4.74 Å². The van der Waals surface area contributed by atoms with Gasteiger partial charge in [0.1, 0.15) is 5.82 Å². The van der Waals surface area contributed by atoms with Crippen molar-refractivity contribution in [1.29, 1.82) is 0 Å².